The lowest BCUT2D eigenvalue weighted by Gasteiger charge is -2.25. The maximum atomic E-state index is 5.66. The van der Waals surface area contributed by atoms with E-state index in [-0.39, 0.29) is 0 Å². The molecule has 0 saturated heterocycles. The molecule has 0 atom stereocenters. The largest absolute Gasteiger partial charge is 0.497 e. The molecule has 0 unspecified atom stereocenters. The number of aromatic nitrogens is 2. The number of ether oxygens (including phenoxy) is 5. The molecule has 0 N–H and O–H groups in total. The van der Waals surface area contributed by atoms with Gasteiger partial charge >= 0.3 is 0 Å². The van der Waals surface area contributed by atoms with E-state index in [1.54, 1.807) is 35.5 Å². The highest BCUT2D eigenvalue weighted by Crippen LogP contribution is 2.36. The molecule has 1 aromatic heterocycles. The minimum Gasteiger partial charge on any atom is -0.497 e. The highest BCUT2D eigenvalue weighted by Gasteiger charge is 2.25. The van der Waals surface area contributed by atoms with Gasteiger partial charge in [-0.05, 0) is 49.4 Å². The number of methoxy groups -OCH3 is 5. The highest BCUT2D eigenvalue weighted by atomic mass is 16.5. The van der Waals surface area contributed by atoms with Crippen LogP contribution in [-0.2, 0) is 19.5 Å². The minimum atomic E-state index is 0.507. The normalized spacial score (nSPS) is 12.7. The summed E-state index contributed by atoms with van der Waals surface area (Å²) in [6.07, 6.45) is 5.35. The minimum absolute atomic E-state index is 0.507. The standard InChI is InChI=1S/C27H33N3O5/c1-31-22-10-8-19(24(13-22)33-3)16-30(17-20-9-11-23(32-2)14-25(20)34-4)27-28-15-21(12-18-6-7-18)26(29-27)35-5/h8-11,13-15,18H,6-7,12,16-17H2,1-5H3. The number of hydrogen-bond donors (Lipinski definition) is 0. The molecule has 8 nitrogen and oxygen atoms in total. The molecule has 35 heavy (non-hydrogen) atoms. The summed E-state index contributed by atoms with van der Waals surface area (Å²) < 4.78 is 27.7. The Morgan fingerprint density at radius 2 is 1.31 bits per heavy atom. The van der Waals surface area contributed by atoms with E-state index in [9.17, 15) is 0 Å². The van der Waals surface area contributed by atoms with Crippen LogP contribution in [0.5, 0.6) is 28.9 Å². The summed E-state index contributed by atoms with van der Waals surface area (Å²) in [4.78, 5) is 11.6. The van der Waals surface area contributed by atoms with Gasteiger partial charge in [-0.3, -0.25) is 0 Å². The van der Waals surface area contributed by atoms with Gasteiger partial charge in [-0.25, -0.2) is 4.98 Å². The number of hydrogen-bond acceptors (Lipinski definition) is 8. The summed E-state index contributed by atoms with van der Waals surface area (Å²) in [6.45, 7) is 1.01. The van der Waals surface area contributed by atoms with Crippen molar-refractivity contribution in [3.8, 4) is 28.9 Å². The van der Waals surface area contributed by atoms with E-state index in [0.717, 1.165) is 46.1 Å². The van der Waals surface area contributed by atoms with Gasteiger partial charge in [0, 0.05) is 48.1 Å². The lowest BCUT2D eigenvalue weighted by molar-refractivity contribution is 0.387. The topological polar surface area (TPSA) is 75.2 Å². The summed E-state index contributed by atoms with van der Waals surface area (Å²) in [5.74, 6) is 4.82. The predicted molar refractivity (Wildman–Crippen MR) is 134 cm³/mol. The average Bonchev–Trinajstić information content (AvgIpc) is 3.72. The molecule has 0 bridgehead atoms. The number of anilines is 1. The summed E-state index contributed by atoms with van der Waals surface area (Å²) in [5, 5.41) is 0. The first-order valence-electron chi connectivity index (χ1n) is 11.6. The summed E-state index contributed by atoms with van der Waals surface area (Å²) in [5.41, 5.74) is 3.00. The third kappa shape index (κ3) is 5.88. The Labute approximate surface area is 206 Å². The van der Waals surface area contributed by atoms with Gasteiger partial charge in [0.25, 0.3) is 0 Å². The molecule has 1 heterocycles. The van der Waals surface area contributed by atoms with Gasteiger partial charge < -0.3 is 28.6 Å². The van der Waals surface area contributed by atoms with Crippen LogP contribution in [0.2, 0.25) is 0 Å². The molecule has 0 radical (unpaired) electrons. The molecule has 0 aliphatic heterocycles. The van der Waals surface area contributed by atoms with Crippen molar-refractivity contribution in [3.05, 3.63) is 59.3 Å². The molecular weight excluding hydrogens is 446 g/mol. The van der Waals surface area contributed by atoms with Crippen LogP contribution >= 0.6 is 0 Å². The quantitative estimate of drug-likeness (QED) is 0.371. The first kappa shape index (κ1) is 24.4. The maximum Gasteiger partial charge on any atom is 0.229 e. The first-order chi connectivity index (χ1) is 17.1. The zero-order chi connectivity index (χ0) is 24.8. The molecule has 0 amide bonds. The second kappa shape index (κ2) is 11.2. The van der Waals surface area contributed by atoms with Gasteiger partial charge in [0.05, 0.1) is 35.5 Å². The van der Waals surface area contributed by atoms with Gasteiger partial charge in [-0.15, -0.1) is 0 Å². The fourth-order valence-electron chi connectivity index (χ4n) is 4.06. The molecule has 8 heteroatoms. The highest BCUT2D eigenvalue weighted by molar-refractivity contribution is 5.47. The fourth-order valence-corrected chi connectivity index (χ4v) is 4.06. The second-order valence-corrected chi connectivity index (χ2v) is 8.56. The van der Waals surface area contributed by atoms with Crippen LogP contribution in [0, 0.1) is 5.92 Å². The smallest absolute Gasteiger partial charge is 0.229 e. The van der Waals surface area contributed by atoms with Gasteiger partial charge in [0.15, 0.2) is 0 Å². The fraction of sp³-hybridized carbons (Fsp3) is 0.407. The van der Waals surface area contributed by atoms with Crippen molar-refractivity contribution < 1.29 is 23.7 Å². The average molecular weight is 480 g/mol. The zero-order valence-corrected chi connectivity index (χ0v) is 21.0. The van der Waals surface area contributed by atoms with E-state index in [1.807, 2.05) is 42.6 Å². The Bertz CT molecular complexity index is 1090. The third-order valence-corrected chi connectivity index (χ3v) is 6.20. The summed E-state index contributed by atoms with van der Waals surface area (Å²) in [7, 11) is 8.24. The van der Waals surface area contributed by atoms with E-state index < -0.39 is 0 Å². The van der Waals surface area contributed by atoms with Crippen molar-refractivity contribution in [2.45, 2.75) is 32.4 Å². The number of benzene rings is 2. The number of nitrogens with zero attached hydrogens (tertiary/aromatic N) is 3. The Hall–Kier alpha value is -3.68. The van der Waals surface area contributed by atoms with E-state index in [2.05, 4.69) is 4.90 Å². The molecule has 1 aliphatic carbocycles. The molecule has 186 valence electrons. The van der Waals surface area contributed by atoms with Crippen LogP contribution in [0.3, 0.4) is 0 Å². The van der Waals surface area contributed by atoms with Crippen molar-refractivity contribution in [1.82, 2.24) is 9.97 Å². The van der Waals surface area contributed by atoms with Crippen LogP contribution in [0.4, 0.5) is 5.95 Å². The van der Waals surface area contributed by atoms with E-state index in [0.29, 0.717) is 30.8 Å². The maximum absolute atomic E-state index is 5.66. The van der Waals surface area contributed by atoms with E-state index >= 15 is 0 Å². The van der Waals surface area contributed by atoms with Crippen molar-refractivity contribution in [2.24, 2.45) is 5.92 Å². The first-order valence-corrected chi connectivity index (χ1v) is 11.6. The van der Waals surface area contributed by atoms with Crippen molar-refractivity contribution >= 4 is 5.95 Å². The van der Waals surface area contributed by atoms with Gasteiger partial charge in [0.1, 0.15) is 23.0 Å². The molecule has 2 aromatic carbocycles. The Morgan fingerprint density at radius 1 is 0.743 bits per heavy atom. The van der Waals surface area contributed by atoms with Gasteiger partial charge in [-0.1, -0.05) is 0 Å². The van der Waals surface area contributed by atoms with Crippen LogP contribution in [-0.4, -0.2) is 45.5 Å². The Balaban J connectivity index is 1.71. The van der Waals surface area contributed by atoms with Crippen molar-refractivity contribution in [2.75, 3.05) is 40.4 Å². The van der Waals surface area contributed by atoms with E-state index in [1.165, 1.54) is 12.8 Å². The van der Waals surface area contributed by atoms with Crippen LogP contribution in [0.1, 0.15) is 29.5 Å². The Kier molecular flexibility index (Phi) is 7.80. The van der Waals surface area contributed by atoms with Gasteiger partial charge in [0.2, 0.25) is 11.8 Å². The number of rotatable bonds is 12. The lowest BCUT2D eigenvalue weighted by Crippen LogP contribution is -2.25. The van der Waals surface area contributed by atoms with Crippen molar-refractivity contribution in [3.63, 3.8) is 0 Å². The Morgan fingerprint density at radius 3 is 1.77 bits per heavy atom. The van der Waals surface area contributed by atoms with Crippen LogP contribution in [0.15, 0.2) is 42.6 Å². The molecular formula is C27H33N3O5. The van der Waals surface area contributed by atoms with E-state index in [4.69, 9.17) is 33.7 Å². The van der Waals surface area contributed by atoms with Crippen molar-refractivity contribution in [1.29, 1.82) is 0 Å². The molecule has 1 fully saturated rings. The summed E-state index contributed by atoms with van der Waals surface area (Å²) >= 11 is 0. The monoisotopic (exact) mass is 479 g/mol. The summed E-state index contributed by atoms with van der Waals surface area (Å²) in [6, 6.07) is 11.6. The molecule has 1 saturated carbocycles. The van der Waals surface area contributed by atoms with Crippen LogP contribution in [0.25, 0.3) is 0 Å². The SMILES string of the molecule is COc1ccc(CN(Cc2ccc(OC)cc2OC)c2ncc(CC3CC3)c(OC)n2)c(OC)c1. The molecule has 1 aliphatic rings. The second-order valence-electron chi connectivity index (χ2n) is 8.56. The molecule has 4 rings (SSSR count). The van der Waals surface area contributed by atoms with Crippen LogP contribution < -0.4 is 28.6 Å². The molecule has 3 aromatic rings. The zero-order valence-electron chi connectivity index (χ0n) is 21.0. The lowest BCUT2D eigenvalue weighted by atomic mass is 10.1. The third-order valence-electron chi connectivity index (χ3n) is 6.20. The van der Waals surface area contributed by atoms with Gasteiger partial charge in [-0.2, -0.15) is 4.98 Å². The predicted octanol–water partition coefficient (Wildman–Crippen LogP) is 4.68. The molecule has 0 spiro atoms.